The lowest BCUT2D eigenvalue weighted by Gasteiger charge is -2.08. The van der Waals surface area contributed by atoms with Crippen molar-refractivity contribution in [3.05, 3.63) is 34.6 Å². The number of benzene rings is 1. The fraction of sp³-hybridized carbons (Fsp3) is 0.273. The zero-order valence-corrected chi connectivity index (χ0v) is 9.88. The van der Waals surface area contributed by atoms with E-state index in [-0.39, 0.29) is 11.5 Å². The Hall–Kier alpha value is -1.62. The van der Waals surface area contributed by atoms with E-state index in [0.29, 0.717) is 5.39 Å². The van der Waals surface area contributed by atoms with Crippen LogP contribution in [0, 0.1) is 0 Å². The minimum atomic E-state index is -0.463. The Labute approximate surface area is 96.7 Å². The van der Waals surface area contributed by atoms with Gasteiger partial charge in [-0.2, -0.15) is 0 Å². The lowest BCUT2D eigenvalue weighted by molar-refractivity contribution is -0.123. The monoisotopic (exact) mass is 236 g/mol. The van der Waals surface area contributed by atoms with Crippen molar-refractivity contribution in [3.63, 3.8) is 0 Å². The number of aromatic nitrogens is 1. The van der Waals surface area contributed by atoms with Gasteiger partial charge in [0.05, 0.1) is 10.1 Å². The maximum absolute atomic E-state index is 12.0. The average molecular weight is 236 g/mol. The molecule has 5 heteroatoms. The highest BCUT2D eigenvalue weighted by molar-refractivity contribution is 7.13. The molecule has 1 N–H and O–H groups in total. The molecular formula is C11H12N2O2S. The van der Waals surface area contributed by atoms with Crippen LogP contribution in [-0.4, -0.2) is 16.9 Å². The molecule has 1 atom stereocenters. The van der Waals surface area contributed by atoms with Crippen molar-refractivity contribution in [2.75, 3.05) is 7.05 Å². The Balaban J connectivity index is 2.58. The van der Waals surface area contributed by atoms with Crippen molar-refractivity contribution in [1.82, 2.24) is 9.27 Å². The molecule has 2 rings (SSSR count). The maximum Gasteiger partial charge on any atom is 0.269 e. The van der Waals surface area contributed by atoms with Crippen LogP contribution in [0.25, 0.3) is 10.1 Å². The molecule has 1 unspecified atom stereocenters. The summed E-state index contributed by atoms with van der Waals surface area (Å²) in [5.74, 6) is -0.159. The molecule has 4 nitrogen and oxygen atoms in total. The summed E-state index contributed by atoms with van der Waals surface area (Å²) in [7, 11) is 1.57. The quantitative estimate of drug-likeness (QED) is 0.856. The first-order valence-corrected chi connectivity index (χ1v) is 5.74. The van der Waals surface area contributed by atoms with Crippen molar-refractivity contribution in [3.8, 4) is 0 Å². The van der Waals surface area contributed by atoms with E-state index in [9.17, 15) is 9.59 Å². The highest BCUT2D eigenvalue weighted by Gasteiger charge is 2.17. The predicted octanol–water partition coefficient (Wildman–Crippen LogP) is 1.37. The number of amides is 1. The number of hydrogen-bond acceptors (Lipinski definition) is 3. The van der Waals surface area contributed by atoms with E-state index in [4.69, 9.17) is 0 Å². The summed E-state index contributed by atoms with van der Waals surface area (Å²) >= 11 is 1.32. The Kier molecular flexibility index (Phi) is 2.78. The van der Waals surface area contributed by atoms with E-state index in [1.165, 1.54) is 15.5 Å². The number of likely N-dealkylation sites (N-methyl/N-ethyl adjacent to an activating group) is 1. The van der Waals surface area contributed by atoms with Crippen LogP contribution in [0.3, 0.4) is 0 Å². The Bertz CT molecular complexity index is 585. The van der Waals surface area contributed by atoms with Gasteiger partial charge in [0.15, 0.2) is 0 Å². The molecule has 1 aromatic carbocycles. The summed E-state index contributed by atoms with van der Waals surface area (Å²) in [6, 6.07) is 6.91. The van der Waals surface area contributed by atoms with Crippen molar-refractivity contribution >= 4 is 27.5 Å². The normalized spacial score (nSPS) is 12.6. The number of nitrogens with one attached hydrogen (secondary N) is 1. The van der Waals surface area contributed by atoms with Gasteiger partial charge in [-0.15, -0.1) is 0 Å². The number of carbonyl (C=O) groups excluding carboxylic acids is 1. The standard InChI is InChI=1S/C11H12N2O2S/c1-7(10(14)12-2)13-11(15)8-5-3-4-6-9(8)16-13/h3-7H,1-2H3,(H,12,14). The molecular weight excluding hydrogens is 224 g/mol. The van der Waals surface area contributed by atoms with Crippen LogP contribution in [0.5, 0.6) is 0 Å². The molecule has 0 aliphatic heterocycles. The first-order chi connectivity index (χ1) is 7.65. The van der Waals surface area contributed by atoms with E-state index in [2.05, 4.69) is 5.32 Å². The van der Waals surface area contributed by atoms with Gasteiger partial charge in [0.25, 0.3) is 5.56 Å². The number of carbonyl (C=O) groups is 1. The fourth-order valence-corrected chi connectivity index (χ4v) is 2.60. The van der Waals surface area contributed by atoms with Gasteiger partial charge < -0.3 is 5.32 Å². The summed E-state index contributed by atoms with van der Waals surface area (Å²) < 4.78 is 2.41. The van der Waals surface area contributed by atoms with Gasteiger partial charge >= 0.3 is 0 Å². The largest absolute Gasteiger partial charge is 0.357 e. The lowest BCUT2D eigenvalue weighted by atomic mass is 10.3. The molecule has 1 amide bonds. The molecule has 84 valence electrons. The van der Waals surface area contributed by atoms with Crippen molar-refractivity contribution < 1.29 is 4.79 Å². The van der Waals surface area contributed by atoms with Gasteiger partial charge in [0.1, 0.15) is 6.04 Å². The summed E-state index contributed by atoms with van der Waals surface area (Å²) in [5, 5.41) is 3.21. The van der Waals surface area contributed by atoms with Gasteiger partial charge in [0, 0.05) is 7.05 Å². The van der Waals surface area contributed by atoms with Gasteiger partial charge in [-0.25, -0.2) is 0 Å². The number of nitrogens with zero attached hydrogens (tertiary/aromatic N) is 1. The average Bonchev–Trinajstić information content (AvgIpc) is 2.65. The molecule has 0 spiro atoms. The molecule has 0 aliphatic carbocycles. The summed E-state index contributed by atoms with van der Waals surface area (Å²) in [4.78, 5) is 23.5. The smallest absolute Gasteiger partial charge is 0.269 e. The first-order valence-electron chi connectivity index (χ1n) is 4.97. The van der Waals surface area contributed by atoms with Crippen LogP contribution in [-0.2, 0) is 4.79 Å². The zero-order valence-electron chi connectivity index (χ0n) is 9.06. The van der Waals surface area contributed by atoms with E-state index in [1.54, 1.807) is 20.0 Å². The van der Waals surface area contributed by atoms with Crippen molar-refractivity contribution in [2.45, 2.75) is 13.0 Å². The number of hydrogen-bond donors (Lipinski definition) is 1. The number of fused-ring (bicyclic) bond motifs is 1. The summed E-state index contributed by atoms with van der Waals surface area (Å²) in [5.41, 5.74) is -0.100. The van der Waals surface area contributed by atoms with Gasteiger partial charge in [0.2, 0.25) is 5.91 Å². The molecule has 16 heavy (non-hydrogen) atoms. The van der Waals surface area contributed by atoms with Gasteiger partial charge in [-0.05, 0) is 19.1 Å². The molecule has 0 fully saturated rings. The minimum absolute atomic E-state index is 0.100. The molecule has 2 aromatic rings. The molecule has 1 aromatic heterocycles. The summed E-state index contributed by atoms with van der Waals surface area (Å²) in [6.07, 6.45) is 0. The second-order valence-electron chi connectivity index (χ2n) is 3.51. The molecule has 0 radical (unpaired) electrons. The number of rotatable bonds is 2. The van der Waals surface area contributed by atoms with Crippen molar-refractivity contribution in [1.29, 1.82) is 0 Å². The van der Waals surface area contributed by atoms with Crippen LogP contribution < -0.4 is 10.9 Å². The van der Waals surface area contributed by atoms with E-state index >= 15 is 0 Å². The zero-order chi connectivity index (χ0) is 11.7. The highest BCUT2D eigenvalue weighted by Crippen LogP contribution is 2.19. The van der Waals surface area contributed by atoms with E-state index in [0.717, 1.165) is 4.70 Å². The van der Waals surface area contributed by atoms with Crippen LogP contribution in [0.4, 0.5) is 0 Å². The Morgan fingerprint density at radius 1 is 1.44 bits per heavy atom. The van der Waals surface area contributed by atoms with E-state index in [1.807, 2.05) is 18.2 Å². The second kappa shape index (κ2) is 4.09. The topological polar surface area (TPSA) is 51.1 Å². The maximum atomic E-state index is 12.0. The Morgan fingerprint density at radius 3 is 2.75 bits per heavy atom. The third kappa shape index (κ3) is 1.63. The SMILES string of the molecule is CNC(=O)C(C)n1sc2ccccc2c1=O. The molecule has 1 heterocycles. The van der Waals surface area contributed by atoms with E-state index < -0.39 is 6.04 Å². The van der Waals surface area contributed by atoms with Gasteiger partial charge in [-0.3, -0.25) is 13.5 Å². The molecule has 0 aliphatic rings. The molecule has 0 bridgehead atoms. The predicted molar refractivity (Wildman–Crippen MR) is 64.9 cm³/mol. The minimum Gasteiger partial charge on any atom is -0.357 e. The van der Waals surface area contributed by atoms with Crippen LogP contribution >= 0.6 is 11.5 Å². The fourth-order valence-electron chi connectivity index (χ4n) is 1.56. The molecule has 0 saturated heterocycles. The second-order valence-corrected chi connectivity index (χ2v) is 4.52. The highest BCUT2D eigenvalue weighted by atomic mass is 32.1. The molecule has 0 saturated carbocycles. The van der Waals surface area contributed by atoms with Crippen LogP contribution in [0.1, 0.15) is 13.0 Å². The third-order valence-electron chi connectivity index (χ3n) is 2.49. The Morgan fingerprint density at radius 2 is 2.12 bits per heavy atom. The lowest BCUT2D eigenvalue weighted by Crippen LogP contribution is -2.31. The summed E-state index contributed by atoms with van der Waals surface area (Å²) in [6.45, 7) is 1.72. The van der Waals surface area contributed by atoms with Crippen LogP contribution in [0.15, 0.2) is 29.1 Å². The van der Waals surface area contributed by atoms with Gasteiger partial charge in [-0.1, -0.05) is 23.7 Å². The first kappa shape index (κ1) is 10.9. The van der Waals surface area contributed by atoms with Crippen LogP contribution in [0.2, 0.25) is 0 Å². The third-order valence-corrected chi connectivity index (χ3v) is 3.72. The van der Waals surface area contributed by atoms with Crippen molar-refractivity contribution in [2.24, 2.45) is 0 Å².